The number of hydrazine groups is 1. The minimum Gasteiger partial charge on any atom is -0.355 e. The molecule has 0 unspecified atom stereocenters. The monoisotopic (exact) mass is 367 g/mol. The minimum absolute atomic E-state index is 0.00785. The molecule has 3 rings (SSSR count). The van der Waals surface area contributed by atoms with Gasteiger partial charge in [0.15, 0.2) is 17.1 Å². The Kier molecular flexibility index (Phi) is 5.41. The quantitative estimate of drug-likeness (QED) is 0.658. The summed E-state index contributed by atoms with van der Waals surface area (Å²) < 4.78 is 6.34. The van der Waals surface area contributed by atoms with E-state index in [1.54, 1.807) is 0 Å². The van der Waals surface area contributed by atoms with Crippen molar-refractivity contribution >= 4 is 11.8 Å². The van der Waals surface area contributed by atoms with Gasteiger partial charge in [-0.15, -0.1) is 0 Å². The van der Waals surface area contributed by atoms with E-state index in [2.05, 4.69) is 21.1 Å². The number of aryl methyl sites for hydroxylation is 1. The van der Waals surface area contributed by atoms with Gasteiger partial charge in [0.25, 0.3) is 17.4 Å². The van der Waals surface area contributed by atoms with Gasteiger partial charge in [0, 0.05) is 24.2 Å². The second-order valence-corrected chi connectivity index (χ2v) is 5.63. The Labute approximate surface area is 154 Å². The summed E-state index contributed by atoms with van der Waals surface area (Å²) in [5, 5.41) is 7.66. The lowest BCUT2D eigenvalue weighted by Gasteiger charge is -2.07. The zero-order valence-corrected chi connectivity index (χ0v) is 14.5. The van der Waals surface area contributed by atoms with Crippen LogP contribution in [0.25, 0.3) is 11.3 Å². The first-order chi connectivity index (χ1) is 13.1. The SMILES string of the molecule is CCCn1nc(C(=O)NNC(=O)c2cc(-c3ccccc3)on2)ccc1=O. The van der Waals surface area contributed by atoms with Crippen LogP contribution < -0.4 is 16.4 Å². The lowest BCUT2D eigenvalue weighted by molar-refractivity contribution is 0.0837. The zero-order chi connectivity index (χ0) is 19.2. The summed E-state index contributed by atoms with van der Waals surface area (Å²) in [7, 11) is 0. The number of hydrogen-bond donors (Lipinski definition) is 2. The van der Waals surface area contributed by atoms with Crippen molar-refractivity contribution < 1.29 is 14.1 Å². The van der Waals surface area contributed by atoms with Gasteiger partial charge >= 0.3 is 0 Å². The average Bonchev–Trinajstić information content (AvgIpc) is 3.19. The van der Waals surface area contributed by atoms with E-state index in [4.69, 9.17) is 4.52 Å². The van der Waals surface area contributed by atoms with Crippen molar-refractivity contribution in [2.75, 3.05) is 0 Å². The molecule has 2 amide bonds. The van der Waals surface area contributed by atoms with Gasteiger partial charge < -0.3 is 4.52 Å². The molecule has 0 aliphatic carbocycles. The molecule has 0 spiro atoms. The molecule has 2 heterocycles. The zero-order valence-electron chi connectivity index (χ0n) is 14.5. The lowest BCUT2D eigenvalue weighted by Crippen LogP contribution is -2.42. The van der Waals surface area contributed by atoms with E-state index in [0.29, 0.717) is 18.7 Å². The van der Waals surface area contributed by atoms with Crippen molar-refractivity contribution in [1.29, 1.82) is 0 Å². The maximum atomic E-state index is 12.1. The molecule has 0 saturated carbocycles. The number of carbonyl (C=O) groups is 2. The third-order valence-electron chi connectivity index (χ3n) is 3.63. The molecule has 0 aliphatic rings. The van der Waals surface area contributed by atoms with Crippen LogP contribution in [-0.4, -0.2) is 26.8 Å². The Morgan fingerprint density at radius 2 is 1.74 bits per heavy atom. The number of rotatable bonds is 5. The Morgan fingerprint density at radius 3 is 2.44 bits per heavy atom. The van der Waals surface area contributed by atoms with Crippen LogP contribution in [-0.2, 0) is 6.54 Å². The number of nitrogens with one attached hydrogen (secondary N) is 2. The Bertz CT molecular complexity index is 1010. The Balaban J connectivity index is 1.64. The first-order valence-corrected chi connectivity index (χ1v) is 8.29. The minimum atomic E-state index is -0.653. The van der Waals surface area contributed by atoms with Crippen LogP contribution in [0.5, 0.6) is 0 Å². The summed E-state index contributed by atoms with van der Waals surface area (Å²) in [6.07, 6.45) is 0.699. The van der Waals surface area contributed by atoms with Gasteiger partial charge in [0.05, 0.1) is 0 Å². The van der Waals surface area contributed by atoms with Crippen LogP contribution in [0.3, 0.4) is 0 Å². The molecule has 0 radical (unpaired) electrons. The van der Waals surface area contributed by atoms with Gasteiger partial charge in [0.1, 0.15) is 0 Å². The number of carbonyl (C=O) groups excluding carboxylic acids is 2. The molecule has 0 fully saturated rings. The second-order valence-electron chi connectivity index (χ2n) is 5.63. The van der Waals surface area contributed by atoms with E-state index in [1.807, 2.05) is 37.3 Å². The highest BCUT2D eigenvalue weighted by Crippen LogP contribution is 2.19. The summed E-state index contributed by atoms with van der Waals surface area (Å²) in [6, 6.07) is 13.2. The van der Waals surface area contributed by atoms with Gasteiger partial charge in [-0.25, -0.2) is 4.68 Å². The topological polar surface area (TPSA) is 119 Å². The molecule has 0 aliphatic heterocycles. The van der Waals surface area contributed by atoms with Crippen molar-refractivity contribution in [3.05, 3.63) is 70.3 Å². The lowest BCUT2D eigenvalue weighted by atomic mass is 10.1. The van der Waals surface area contributed by atoms with Gasteiger partial charge in [-0.2, -0.15) is 5.10 Å². The van der Waals surface area contributed by atoms with Crippen LogP contribution in [0, 0.1) is 0 Å². The number of amides is 2. The van der Waals surface area contributed by atoms with E-state index in [-0.39, 0.29) is 16.9 Å². The van der Waals surface area contributed by atoms with Crippen LogP contribution >= 0.6 is 0 Å². The first kappa shape index (κ1) is 18.1. The van der Waals surface area contributed by atoms with E-state index >= 15 is 0 Å². The standard InChI is InChI=1S/C18H17N5O4/c1-2-10-23-16(24)9-8-13(21-23)17(25)19-20-18(26)14-11-15(27-22-14)12-6-4-3-5-7-12/h3-9,11H,2,10H2,1H3,(H,19,25)(H,20,26). The Morgan fingerprint density at radius 1 is 1.04 bits per heavy atom. The van der Waals surface area contributed by atoms with Gasteiger partial charge in [-0.1, -0.05) is 42.4 Å². The fourth-order valence-electron chi connectivity index (χ4n) is 2.30. The summed E-state index contributed by atoms with van der Waals surface area (Å²) in [5.41, 5.74) is 4.97. The molecule has 27 heavy (non-hydrogen) atoms. The van der Waals surface area contributed by atoms with Gasteiger partial charge in [-0.05, 0) is 12.5 Å². The smallest absolute Gasteiger partial charge is 0.291 e. The number of nitrogens with zero attached hydrogens (tertiary/aromatic N) is 3. The van der Waals surface area contributed by atoms with Crippen molar-refractivity contribution in [3.63, 3.8) is 0 Å². The molecule has 2 aromatic heterocycles. The third-order valence-corrected chi connectivity index (χ3v) is 3.63. The summed E-state index contributed by atoms with van der Waals surface area (Å²) in [4.78, 5) is 35.9. The molecule has 2 N–H and O–H groups in total. The largest absolute Gasteiger partial charge is 0.355 e. The highest BCUT2D eigenvalue weighted by Gasteiger charge is 2.16. The normalized spacial score (nSPS) is 10.4. The van der Waals surface area contributed by atoms with Gasteiger partial charge in [-0.3, -0.25) is 25.2 Å². The van der Waals surface area contributed by atoms with Crippen molar-refractivity contribution in [1.82, 2.24) is 25.8 Å². The molecule has 0 atom stereocenters. The summed E-state index contributed by atoms with van der Waals surface area (Å²) in [5.74, 6) is -0.864. The van der Waals surface area contributed by atoms with Crippen LogP contribution in [0.2, 0.25) is 0 Å². The van der Waals surface area contributed by atoms with Crippen molar-refractivity contribution in [2.24, 2.45) is 0 Å². The first-order valence-electron chi connectivity index (χ1n) is 8.29. The van der Waals surface area contributed by atoms with Crippen molar-refractivity contribution in [2.45, 2.75) is 19.9 Å². The van der Waals surface area contributed by atoms with E-state index < -0.39 is 11.8 Å². The van der Waals surface area contributed by atoms with Crippen LogP contribution in [0.15, 0.2) is 57.8 Å². The summed E-state index contributed by atoms with van der Waals surface area (Å²) >= 11 is 0. The van der Waals surface area contributed by atoms with Crippen LogP contribution in [0.4, 0.5) is 0 Å². The number of benzene rings is 1. The third kappa shape index (κ3) is 4.27. The molecular formula is C18H17N5O4. The molecule has 138 valence electrons. The van der Waals surface area contributed by atoms with Crippen molar-refractivity contribution in [3.8, 4) is 11.3 Å². The fraction of sp³-hybridized carbons (Fsp3) is 0.167. The maximum absolute atomic E-state index is 12.1. The molecule has 0 saturated heterocycles. The van der Waals surface area contributed by atoms with Crippen LogP contribution in [0.1, 0.15) is 34.3 Å². The predicted molar refractivity (Wildman–Crippen MR) is 95.7 cm³/mol. The fourth-order valence-corrected chi connectivity index (χ4v) is 2.30. The van der Waals surface area contributed by atoms with E-state index in [0.717, 1.165) is 5.56 Å². The van der Waals surface area contributed by atoms with E-state index in [1.165, 1.54) is 22.9 Å². The molecule has 9 nitrogen and oxygen atoms in total. The highest BCUT2D eigenvalue weighted by atomic mass is 16.5. The average molecular weight is 367 g/mol. The maximum Gasteiger partial charge on any atom is 0.291 e. The molecule has 0 bridgehead atoms. The highest BCUT2D eigenvalue weighted by molar-refractivity contribution is 5.97. The molecule has 9 heteroatoms. The molecule has 3 aromatic rings. The van der Waals surface area contributed by atoms with E-state index in [9.17, 15) is 14.4 Å². The Hall–Kier alpha value is -3.75. The number of aromatic nitrogens is 3. The molecular weight excluding hydrogens is 350 g/mol. The molecule has 1 aromatic carbocycles. The second kappa shape index (κ2) is 8.09. The number of hydrogen-bond acceptors (Lipinski definition) is 6. The summed E-state index contributed by atoms with van der Waals surface area (Å²) in [6.45, 7) is 2.29. The van der Waals surface area contributed by atoms with Gasteiger partial charge in [0.2, 0.25) is 0 Å². The predicted octanol–water partition coefficient (Wildman–Crippen LogP) is 1.38.